The van der Waals surface area contributed by atoms with Gasteiger partial charge in [0.1, 0.15) is 5.82 Å². The van der Waals surface area contributed by atoms with Crippen LogP contribution in [0.5, 0.6) is 0 Å². The molecule has 5 heteroatoms. The summed E-state index contributed by atoms with van der Waals surface area (Å²) in [5.41, 5.74) is 1.91. The minimum atomic E-state index is -1.10. The number of nitrogens with zero attached hydrogens (tertiary/aromatic N) is 2. The number of aryl methyl sites for hydroxylation is 2. The molecule has 0 atom stereocenters. The number of carboxylic acid groups (broad SMARTS) is 1. The maximum Gasteiger partial charge on any atom is 0.356 e. The van der Waals surface area contributed by atoms with Crippen LogP contribution in [0, 0.1) is 12.7 Å². The van der Waals surface area contributed by atoms with Crippen molar-refractivity contribution in [2.24, 2.45) is 7.05 Å². The number of hydrogen-bond acceptors (Lipinski definition) is 2. The van der Waals surface area contributed by atoms with E-state index in [2.05, 4.69) is 5.10 Å². The van der Waals surface area contributed by atoms with Crippen LogP contribution in [0.1, 0.15) is 16.1 Å². The smallest absolute Gasteiger partial charge is 0.356 e. The topological polar surface area (TPSA) is 55.1 Å². The summed E-state index contributed by atoms with van der Waals surface area (Å²) in [6.07, 6.45) is 0. The van der Waals surface area contributed by atoms with Gasteiger partial charge in [-0.25, -0.2) is 9.18 Å². The molecule has 0 saturated heterocycles. The third-order valence-corrected chi connectivity index (χ3v) is 2.44. The summed E-state index contributed by atoms with van der Waals surface area (Å²) in [5, 5.41) is 12.7. The normalized spacial score (nSPS) is 10.5. The lowest BCUT2D eigenvalue weighted by Crippen LogP contribution is -1.99. The van der Waals surface area contributed by atoms with Gasteiger partial charge in [0.25, 0.3) is 0 Å². The number of aromatic nitrogens is 2. The van der Waals surface area contributed by atoms with Crippen LogP contribution < -0.4 is 0 Å². The highest BCUT2D eigenvalue weighted by Crippen LogP contribution is 2.22. The summed E-state index contributed by atoms with van der Waals surface area (Å²) in [6.45, 7) is 1.78. The summed E-state index contributed by atoms with van der Waals surface area (Å²) in [7, 11) is 1.63. The lowest BCUT2D eigenvalue weighted by Gasteiger charge is -2.03. The van der Waals surface area contributed by atoms with Crippen LogP contribution >= 0.6 is 0 Å². The molecule has 0 aliphatic heterocycles. The zero-order chi connectivity index (χ0) is 12.6. The number of benzene rings is 1. The molecule has 0 fully saturated rings. The van der Waals surface area contributed by atoms with Crippen molar-refractivity contribution in [2.45, 2.75) is 6.92 Å². The van der Waals surface area contributed by atoms with Gasteiger partial charge in [0.2, 0.25) is 0 Å². The third kappa shape index (κ3) is 2.18. The van der Waals surface area contributed by atoms with Gasteiger partial charge in [-0.1, -0.05) is 0 Å². The van der Waals surface area contributed by atoms with Crippen LogP contribution in [-0.4, -0.2) is 20.9 Å². The number of rotatable bonds is 2. The van der Waals surface area contributed by atoms with E-state index in [1.807, 2.05) is 0 Å². The van der Waals surface area contributed by atoms with E-state index in [0.717, 1.165) is 5.56 Å². The first-order chi connectivity index (χ1) is 7.97. The van der Waals surface area contributed by atoms with Gasteiger partial charge in [-0.05, 0) is 36.8 Å². The molecule has 1 aromatic carbocycles. The number of hydrogen-bond donors (Lipinski definition) is 1. The molecule has 0 radical (unpaired) electrons. The molecule has 0 saturated carbocycles. The summed E-state index contributed by atoms with van der Waals surface area (Å²) in [5.74, 6) is -1.45. The van der Waals surface area contributed by atoms with Gasteiger partial charge < -0.3 is 5.11 Å². The molecule has 0 unspecified atom stereocenters. The molecular formula is C12H11FN2O2. The second-order valence-electron chi connectivity index (χ2n) is 3.86. The van der Waals surface area contributed by atoms with Crippen LogP contribution in [0.15, 0.2) is 24.3 Å². The van der Waals surface area contributed by atoms with Gasteiger partial charge in [0, 0.05) is 12.6 Å². The van der Waals surface area contributed by atoms with Crippen molar-refractivity contribution in [2.75, 3.05) is 0 Å². The van der Waals surface area contributed by atoms with E-state index in [1.165, 1.54) is 22.9 Å². The van der Waals surface area contributed by atoms with Crippen molar-refractivity contribution in [3.63, 3.8) is 0 Å². The Morgan fingerprint density at radius 1 is 1.35 bits per heavy atom. The molecule has 2 aromatic rings. The fourth-order valence-corrected chi connectivity index (χ4v) is 1.73. The molecule has 0 aliphatic carbocycles. The first-order valence-corrected chi connectivity index (χ1v) is 5.02. The van der Waals surface area contributed by atoms with E-state index in [-0.39, 0.29) is 11.5 Å². The highest BCUT2D eigenvalue weighted by Gasteiger charge is 2.13. The standard InChI is InChI=1S/C12H11FN2O2/c1-7-3-8(5-9(13)4-7)11-6-10(12(16)17)14-15(11)2/h3-6H,1-2H3,(H,16,17). The summed E-state index contributed by atoms with van der Waals surface area (Å²) in [6, 6.07) is 5.98. The summed E-state index contributed by atoms with van der Waals surface area (Å²) in [4.78, 5) is 10.8. The second kappa shape index (κ2) is 4.01. The van der Waals surface area contributed by atoms with Crippen molar-refractivity contribution < 1.29 is 14.3 Å². The van der Waals surface area contributed by atoms with Gasteiger partial charge in [0.05, 0.1) is 5.69 Å². The highest BCUT2D eigenvalue weighted by molar-refractivity contribution is 5.87. The molecule has 0 amide bonds. The Kier molecular flexibility index (Phi) is 2.67. The molecular weight excluding hydrogens is 223 g/mol. The predicted octanol–water partition coefficient (Wildman–Crippen LogP) is 2.23. The fourth-order valence-electron chi connectivity index (χ4n) is 1.73. The first kappa shape index (κ1) is 11.3. The van der Waals surface area contributed by atoms with Gasteiger partial charge in [-0.3, -0.25) is 4.68 Å². The average molecular weight is 234 g/mol. The summed E-state index contributed by atoms with van der Waals surface area (Å²) < 4.78 is 14.7. The van der Waals surface area contributed by atoms with Crippen LogP contribution in [0.2, 0.25) is 0 Å². The third-order valence-electron chi connectivity index (χ3n) is 2.44. The lowest BCUT2D eigenvalue weighted by molar-refractivity contribution is 0.0689. The van der Waals surface area contributed by atoms with E-state index in [9.17, 15) is 9.18 Å². The second-order valence-corrected chi connectivity index (χ2v) is 3.86. The van der Waals surface area contributed by atoms with Gasteiger partial charge in [-0.15, -0.1) is 0 Å². The van der Waals surface area contributed by atoms with Crippen molar-refractivity contribution in [1.82, 2.24) is 9.78 Å². The van der Waals surface area contributed by atoms with E-state index >= 15 is 0 Å². The van der Waals surface area contributed by atoms with Crippen molar-refractivity contribution >= 4 is 5.97 Å². The van der Waals surface area contributed by atoms with Crippen LogP contribution in [0.25, 0.3) is 11.3 Å². The molecule has 1 N–H and O–H groups in total. The van der Waals surface area contributed by atoms with E-state index < -0.39 is 5.97 Å². The molecule has 0 bridgehead atoms. The maximum atomic E-state index is 13.3. The number of halogens is 1. The molecule has 0 spiro atoms. The Balaban J connectivity index is 2.56. The Labute approximate surface area is 97.3 Å². The Hall–Kier alpha value is -2.17. The number of carbonyl (C=O) groups is 1. The van der Waals surface area contributed by atoms with Gasteiger partial charge in [0.15, 0.2) is 5.69 Å². The number of carboxylic acids is 1. The first-order valence-electron chi connectivity index (χ1n) is 5.02. The van der Waals surface area contributed by atoms with E-state index in [4.69, 9.17) is 5.11 Å². The average Bonchev–Trinajstić information content (AvgIpc) is 2.59. The SMILES string of the molecule is Cc1cc(F)cc(-c2cc(C(=O)O)nn2C)c1. The molecule has 1 aromatic heterocycles. The monoisotopic (exact) mass is 234 g/mol. The minimum Gasteiger partial charge on any atom is -0.476 e. The van der Waals surface area contributed by atoms with Crippen LogP contribution in [0.4, 0.5) is 4.39 Å². The Morgan fingerprint density at radius 2 is 2.06 bits per heavy atom. The molecule has 2 rings (SSSR count). The zero-order valence-electron chi connectivity index (χ0n) is 9.44. The lowest BCUT2D eigenvalue weighted by atomic mass is 10.1. The van der Waals surface area contributed by atoms with Crippen molar-refractivity contribution in [3.05, 3.63) is 41.3 Å². The molecule has 4 nitrogen and oxygen atoms in total. The molecule has 88 valence electrons. The summed E-state index contributed by atoms with van der Waals surface area (Å²) >= 11 is 0. The van der Waals surface area contributed by atoms with E-state index in [0.29, 0.717) is 11.3 Å². The maximum absolute atomic E-state index is 13.3. The van der Waals surface area contributed by atoms with Crippen LogP contribution in [0.3, 0.4) is 0 Å². The highest BCUT2D eigenvalue weighted by atomic mass is 19.1. The quantitative estimate of drug-likeness (QED) is 0.866. The zero-order valence-corrected chi connectivity index (χ0v) is 9.44. The largest absolute Gasteiger partial charge is 0.476 e. The van der Waals surface area contributed by atoms with E-state index in [1.54, 1.807) is 20.0 Å². The minimum absolute atomic E-state index is 0.0515. The fraction of sp³-hybridized carbons (Fsp3) is 0.167. The van der Waals surface area contributed by atoms with Crippen molar-refractivity contribution in [1.29, 1.82) is 0 Å². The van der Waals surface area contributed by atoms with Crippen molar-refractivity contribution in [3.8, 4) is 11.3 Å². The molecule has 17 heavy (non-hydrogen) atoms. The van der Waals surface area contributed by atoms with Crippen LogP contribution in [-0.2, 0) is 7.05 Å². The Bertz CT molecular complexity index is 570. The predicted molar refractivity (Wildman–Crippen MR) is 60.3 cm³/mol. The molecule has 1 heterocycles. The van der Waals surface area contributed by atoms with Gasteiger partial charge >= 0.3 is 5.97 Å². The van der Waals surface area contributed by atoms with Gasteiger partial charge in [-0.2, -0.15) is 5.10 Å². The molecule has 0 aliphatic rings. The number of aromatic carboxylic acids is 1. The Morgan fingerprint density at radius 3 is 2.59 bits per heavy atom.